The molecule has 1 saturated carbocycles. The van der Waals surface area contributed by atoms with Crippen molar-refractivity contribution in [2.75, 3.05) is 17.7 Å². The Morgan fingerprint density at radius 2 is 2.16 bits per heavy atom. The Kier molecular flexibility index (Phi) is 5.25. The number of hydrogen-bond acceptors (Lipinski definition) is 4. The van der Waals surface area contributed by atoms with Crippen LogP contribution in [-0.2, 0) is 0 Å². The van der Waals surface area contributed by atoms with Crippen molar-refractivity contribution in [1.29, 1.82) is 0 Å². The molecule has 0 saturated heterocycles. The molecule has 0 spiro atoms. The van der Waals surface area contributed by atoms with Gasteiger partial charge < -0.3 is 10.1 Å². The highest BCUT2D eigenvalue weighted by molar-refractivity contribution is 6.18. The van der Waals surface area contributed by atoms with Gasteiger partial charge in [-0.25, -0.2) is 9.97 Å². The van der Waals surface area contributed by atoms with Gasteiger partial charge in [0.25, 0.3) is 0 Å². The van der Waals surface area contributed by atoms with Gasteiger partial charge in [-0.3, -0.25) is 0 Å². The Balaban J connectivity index is 1.88. The van der Waals surface area contributed by atoms with Crippen LogP contribution in [0.3, 0.4) is 0 Å². The van der Waals surface area contributed by atoms with E-state index in [0.29, 0.717) is 17.7 Å². The minimum absolute atomic E-state index is 0.123. The molecule has 0 aliphatic heterocycles. The lowest BCUT2D eigenvalue weighted by Crippen LogP contribution is -2.20. The van der Waals surface area contributed by atoms with E-state index in [0.717, 1.165) is 18.2 Å². The van der Waals surface area contributed by atoms with E-state index in [1.54, 1.807) is 0 Å². The summed E-state index contributed by atoms with van der Waals surface area (Å²) < 4.78 is 5.56. The Hall–Kier alpha value is -1.03. The number of nitrogens with one attached hydrogen (secondary N) is 1. The highest BCUT2D eigenvalue weighted by atomic mass is 35.5. The molecule has 2 atom stereocenters. The molecule has 1 N–H and O–H groups in total. The summed E-state index contributed by atoms with van der Waals surface area (Å²) in [4.78, 5) is 8.32. The predicted octanol–water partition coefficient (Wildman–Crippen LogP) is 3.33. The van der Waals surface area contributed by atoms with Gasteiger partial charge >= 0.3 is 0 Å². The minimum Gasteiger partial charge on any atom is -0.475 e. The van der Waals surface area contributed by atoms with Gasteiger partial charge in [0.2, 0.25) is 5.88 Å². The molecule has 1 aromatic rings. The fourth-order valence-corrected chi connectivity index (χ4v) is 2.97. The van der Waals surface area contributed by atoms with Crippen LogP contribution >= 0.6 is 11.6 Å². The van der Waals surface area contributed by atoms with Gasteiger partial charge in [0.1, 0.15) is 12.1 Å². The maximum absolute atomic E-state index is 5.99. The van der Waals surface area contributed by atoms with Gasteiger partial charge in [-0.2, -0.15) is 0 Å². The molecular formula is C14H22ClN3O. The Labute approximate surface area is 119 Å². The zero-order chi connectivity index (χ0) is 13.7. The molecule has 1 aliphatic carbocycles. The zero-order valence-corrected chi connectivity index (χ0v) is 12.4. The van der Waals surface area contributed by atoms with Crippen LogP contribution in [0.2, 0.25) is 0 Å². The number of rotatable bonds is 6. The first-order valence-electron chi connectivity index (χ1n) is 6.97. The second-order valence-electron chi connectivity index (χ2n) is 5.39. The Morgan fingerprint density at radius 3 is 2.89 bits per heavy atom. The van der Waals surface area contributed by atoms with Crippen LogP contribution < -0.4 is 10.1 Å². The third-order valence-corrected chi connectivity index (χ3v) is 3.95. The fraction of sp³-hybridized carbons (Fsp3) is 0.714. The summed E-state index contributed by atoms with van der Waals surface area (Å²) in [5, 5.41) is 3.37. The summed E-state index contributed by atoms with van der Waals surface area (Å²) in [6.45, 7) is 4.90. The van der Waals surface area contributed by atoms with Crippen molar-refractivity contribution in [3.63, 3.8) is 0 Å². The first kappa shape index (κ1) is 14.4. The maximum Gasteiger partial charge on any atom is 0.218 e. The molecule has 19 heavy (non-hydrogen) atoms. The molecule has 1 fully saturated rings. The molecule has 0 radical (unpaired) electrons. The van der Waals surface area contributed by atoms with E-state index in [-0.39, 0.29) is 6.10 Å². The predicted molar refractivity (Wildman–Crippen MR) is 77.8 cm³/mol. The summed E-state index contributed by atoms with van der Waals surface area (Å²) in [7, 11) is 0. The number of alkyl halides is 1. The minimum atomic E-state index is 0.123. The second-order valence-corrected chi connectivity index (χ2v) is 5.70. The molecule has 1 aromatic heterocycles. The third kappa shape index (κ3) is 4.23. The first-order chi connectivity index (χ1) is 9.19. The normalized spacial score (nSPS) is 22.7. The lowest BCUT2D eigenvalue weighted by Gasteiger charge is -2.18. The standard InChI is InChI=1S/C14H22ClN3O/c1-10(2)19-14-6-13(17-9-18-14)16-8-12-5-3-4-11(12)7-15/h6,9-12H,3-5,7-8H2,1-2H3,(H,16,17,18). The Morgan fingerprint density at radius 1 is 1.37 bits per heavy atom. The van der Waals surface area contributed by atoms with Crippen LogP contribution in [-0.4, -0.2) is 28.5 Å². The number of ether oxygens (including phenoxy) is 1. The quantitative estimate of drug-likeness (QED) is 0.814. The van der Waals surface area contributed by atoms with Gasteiger partial charge in [-0.05, 0) is 38.5 Å². The average molecular weight is 284 g/mol. The molecule has 0 aromatic carbocycles. The van der Waals surface area contributed by atoms with Crippen molar-refractivity contribution in [3.8, 4) is 5.88 Å². The highest BCUT2D eigenvalue weighted by Gasteiger charge is 2.26. The van der Waals surface area contributed by atoms with Gasteiger partial charge in [-0.1, -0.05) is 6.42 Å². The number of hydrogen-bond donors (Lipinski definition) is 1. The van der Waals surface area contributed by atoms with E-state index in [1.165, 1.54) is 25.6 Å². The largest absolute Gasteiger partial charge is 0.475 e. The van der Waals surface area contributed by atoms with Gasteiger partial charge in [0.15, 0.2) is 0 Å². The number of nitrogens with zero attached hydrogens (tertiary/aromatic N) is 2. The molecular weight excluding hydrogens is 262 g/mol. The molecule has 0 amide bonds. The molecule has 0 bridgehead atoms. The van der Waals surface area contributed by atoms with Crippen molar-refractivity contribution >= 4 is 17.4 Å². The maximum atomic E-state index is 5.99. The summed E-state index contributed by atoms with van der Waals surface area (Å²) in [6, 6.07) is 1.85. The van der Waals surface area contributed by atoms with Crippen molar-refractivity contribution in [2.45, 2.75) is 39.2 Å². The number of anilines is 1. The molecule has 2 unspecified atom stereocenters. The molecule has 4 nitrogen and oxygen atoms in total. The van der Waals surface area contributed by atoms with Crippen molar-refractivity contribution in [2.24, 2.45) is 11.8 Å². The molecule has 1 heterocycles. The van der Waals surface area contributed by atoms with E-state index < -0.39 is 0 Å². The summed E-state index contributed by atoms with van der Waals surface area (Å²) in [5.74, 6) is 3.50. The van der Waals surface area contributed by atoms with E-state index in [2.05, 4.69) is 15.3 Å². The number of halogens is 1. The van der Waals surface area contributed by atoms with Crippen LogP contribution in [0.15, 0.2) is 12.4 Å². The van der Waals surface area contributed by atoms with E-state index >= 15 is 0 Å². The van der Waals surface area contributed by atoms with E-state index in [9.17, 15) is 0 Å². The molecule has 1 aliphatic rings. The van der Waals surface area contributed by atoms with Crippen LogP contribution in [0.5, 0.6) is 5.88 Å². The van der Waals surface area contributed by atoms with Crippen molar-refractivity contribution in [3.05, 3.63) is 12.4 Å². The molecule has 2 rings (SSSR count). The lowest BCUT2D eigenvalue weighted by molar-refractivity contribution is 0.232. The highest BCUT2D eigenvalue weighted by Crippen LogP contribution is 2.32. The van der Waals surface area contributed by atoms with Crippen molar-refractivity contribution in [1.82, 2.24) is 9.97 Å². The SMILES string of the molecule is CC(C)Oc1cc(NCC2CCCC2CCl)ncn1. The Bertz CT molecular complexity index is 400. The van der Waals surface area contributed by atoms with Gasteiger partial charge in [0.05, 0.1) is 6.10 Å². The van der Waals surface area contributed by atoms with Crippen molar-refractivity contribution < 1.29 is 4.74 Å². The lowest BCUT2D eigenvalue weighted by atomic mass is 9.98. The second kappa shape index (κ2) is 6.94. The molecule has 106 valence electrons. The van der Waals surface area contributed by atoms with E-state index in [1.807, 2.05) is 19.9 Å². The summed E-state index contributed by atoms with van der Waals surface area (Å²) >= 11 is 5.99. The first-order valence-corrected chi connectivity index (χ1v) is 7.51. The smallest absolute Gasteiger partial charge is 0.218 e. The van der Waals surface area contributed by atoms with Gasteiger partial charge in [-0.15, -0.1) is 11.6 Å². The van der Waals surface area contributed by atoms with Crippen LogP contribution in [0.1, 0.15) is 33.1 Å². The average Bonchev–Trinajstić information content (AvgIpc) is 2.83. The topological polar surface area (TPSA) is 47.0 Å². The van der Waals surface area contributed by atoms with Crippen LogP contribution in [0, 0.1) is 11.8 Å². The monoisotopic (exact) mass is 283 g/mol. The third-order valence-electron chi connectivity index (χ3n) is 3.56. The summed E-state index contributed by atoms with van der Waals surface area (Å²) in [5.41, 5.74) is 0. The fourth-order valence-electron chi connectivity index (χ4n) is 2.56. The zero-order valence-electron chi connectivity index (χ0n) is 11.6. The van der Waals surface area contributed by atoms with E-state index in [4.69, 9.17) is 16.3 Å². The van der Waals surface area contributed by atoms with Crippen LogP contribution in [0.4, 0.5) is 5.82 Å². The van der Waals surface area contributed by atoms with Crippen LogP contribution in [0.25, 0.3) is 0 Å². The van der Waals surface area contributed by atoms with Gasteiger partial charge in [0, 0.05) is 18.5 Å². The summed E-state index contributed by atoms with van der Waals surface area (Å²) in [6.07, 6.45) is 5.45. The molecule has 5 heteroatoms. The number of aromatic nitrogens is 2.